The number of anilines is 1. The van der Waals surface area contributed by atoms with Crippen LogP contribution in [0.1, 0.15) is 39.5 Å². The molecule has 0 spiro atoms. The molecule has 4 heteroatoms. The molecule has 0 radical (unpaired) electrons. The molecule has 1 heterocycles. The summed E-state index contributed by atoms with van der Waals surface area (Å²) in [6, 6.07) is 3.48. The topological polar surface area (TPSA) is 42.0 Å². The van der Waals surface area contributed by atoms with Gasteiger partial charge in [0.2, 0.25) is 5.91 Å². The summed E-state index contributed by atoms with van der Waals surface area (Å²) in [5.41, 5.74) is 0.0591. The van der Waals surface area contributed by atoms with E-state index < -0.39 is 0 Å². The number of carbonyl (C=O) groups is 1. The number of halogens is 1. The number of aromatic nitrogens is 1. The van der Waals surface area contributed by atoms with Crippen molar-refractivity contribution in [1.82, 2.24) is 4.98 Å². The molecule has 3 nitrogen and oxygen atoms in total. The van der Waals surface area contributed by atoms with Crippen molar-refractivity contribution in [2.24, 2.45) is 11.3 Å². The fourth-order valence-corrected chi connectivity index (χ4v) is 2.83. The number of nitrogens with zero attached hydrogens (tertiary/aromatic N) is 1. The lowest BCUT2D eigenvalue weighted by Gasteiger charge is -2.37. The van der Waals surface area contributed by atoms with Crippen molar-refractivity contribution >= 4 is 23.3 Å². The van der Waals surface area contributed by atoms with Crippen LogP contribution in [-0.4, -0.2) is 10.9 Å². The zero-order valence-electron chi connectivity index (χ0n) is 10.9. The van der Waals surface area contributed by atoms with Gasteiger partial charge in [0, 0.05) is 12.1 Å². The standard InChI is InChI=1S/C14H19ClN2O/c1-14(2)8-4-3-6-10(14)13(18)17-12-11(15)7-5-9-16-12/h5,7,9-10H,3-4,6,8H2,1-2H3,(H,16,17,18). The Balaban J connectivity index is 2.10. The second-order valence-corrected chi connectivity index (χ2v) is 6.02. The molecule has 1 unspecified atom stereocenters. The molecule has 98 valence electrons. The summed E-state index contributed by atoms with van der Waals surface area (Å²) >= 11 is 6.00. The van der Waals surface area contributed by atoms with E-state index in [1.165, 1.54) is 6.42 Å². The first-order valence-electron chi connectivity index (χ1n) is 6.42. The Labute approximate surface area is 113 Å². The van der Waals surface area contributed by atoms with Crippen molar-refractivity contribution in [1.29, 1.82) is 0 Å². The van der Waals surface area contributed by atoms with Crippen LogP contribution in [0.25, 0.3) is 0 Å². The Morgan fingerprint density at radius 3 is 2.94 bits per heavy atom. The number of hydrogen-bond acceptors (Lipinski definition) is 2. The lowest BCUT2D eigenvalue weighted by atomic mass is 9.68. The van der Waals surface area contributed by atoms with Crippen LogP contribution < -0.4 is 5.32 Å². The fraction of sp³-hybridized carbons (Fsp3) is 0.571. The summed E-state index contributed by atoms with van der Waals surface area (Å²) in [5.74, 6) is 0.551. The monoisotopic (exact) mass is 266 g/mol. The summed E-state index contributed by atoms with van der Waals surface area (Å²) in [7, 11) is 0. The van der Waals surface area contributed by atoms with Crippen LogP contribution in [0.5, 0.6) is 0 Å². The summed E-state index contributed by atoms with van der Waals surface area (Å²) in [4.78, 5) is 16.4. The van der Waals surface area contributed by atoms with Crippen molar-refractivity contribution in [3.05, 3.63) is 23.4 Å². The van der Waals surface area contributed by atoms with Crippen molar-refractivity contribution < 1.29 is 4.79 Å². The molecule has 1 aliphatic rings. The Bertz CT molecular complexity index is 445. The van der Waals surface area contributed by atoms with Gasteiger partial charge in [0.1, 0.15) is 0 Å². The first-order chi connectivity index (χ1) is 8.50. The van der Waals surface area contributed by atoms with E-state index in [0.29, 0.717) is 10.8 Å². The molecule has 1 aliphatic carbocycles. The maximum atomic E-state index is 12.3. The van der Waals surface area contributed by atoms with Crippen molar-refractivity contribution in [3.8, 4) is 0 Å². The molecule has 1 saturated carbocycles. The third-order valence-electron chi connectivity index (χ3n) is 3.82. The van der Waals surface area contributed by atoms with Crippen LogP contribution in [0.3, 0.4) is 0 Å². The average Bonchev–Trinajstić information content (AvgIpc) is 2.31. The van der Waals surface area contributed by atoms with E-state index in [4.69, 9.17) is 11.6 Å². The van der Waals surface area contributed by atoms with Gasteiger partial charge in [-0.15, -0.1) is 0 Å². The lowest BCUT2D eigenvalue weighted by Crippen LogP contribution is -2.37. The second-order valence-electron chi connectivity index (χ2n) is 5.61. The molecule has 1 N–H and O–H groups in total. The predicted molar refractivity (Wildman–Crippen MR) is 73.6 cm³/mol. The Morgan fingerprint density at radius 1 is 1.50 bits per heavy atom. The van der Waals surface area contributed by atoms with E-state index in [9.17, 15) is 4.79 Å². The van der Waals surface area contributed by atoms with Gasteiger partial charge in [0.25, 0.3) is 0 Å². The summed E-state index contributed by atoms with van der Waals surface area (Å²) in [6.45, 7) is 4.33. The van der Waals surface area contributed by atoms with Crippen LogP contribution in [0.4, 0.5) is 5.82 Å². The third-order valence-corrected chi connectivity index (χ3v) is 4.13. The fourth-order valence-electron chi connectivity index (χ4n) is 2.66. The van der Waals surface area contributed by atoms with Crippen LogP contribution in [0.2, 0.25) is 5.02 Å². The van der Waals surface area contributed by atoms with E-state index in [-0.39, 0.29) is 17.2 Å². The first kappa shape index (κ1) is 13.3. The highest BCUT2D eigenvalue weighted by Crippen LogP contribution is 2.41. The van der Waals surface area contributed by atoms with E-state index >= 15 is 0 Å². The first-order valence-corrected chi connectivity index (χ1v) is 6.80. The molecule has 1 atom stereocenters. The zero-order valence-corrected chi connectivity index (χ0v) is 11.6. The number of hydrogen-bond donors (Lipinski definition) is 1. The van der Waals surface area contributed by atoms with Gasteiger partial charge in [-0.25, -0.2) is 4.98 Å². The third kappa shape index (κ3) is 2.83. The normalized spacial score (nSPS) is 22.5. The molecule has 0 bridgehead atoms. The quantitative estimate of drug-likeness (QED) is 0.882. The van der Waals surface area contributed by atoms with Gasteiger partial charge >= 0.3 is 0 Å². The van der Waals surface area contributed by atoms with Gasteiger partial charge in [-0.2, -0.15) is 0 Å². The van der Waals surface area contributed by atoms with E-state index in [2.05, 4.69) is 24.1 Å². The smallest absolute Gasteiger partial charge is 0.229 e. The zero-order chi connectivity index (χ0) is 13.2. The molecule has 1 fully saturated rings. The Morgan fingerprint density at radius 2 is 2.28 bits per heavy atom. The van der Waals surface area contributed by atoms with Crippen LogP contribution in [0.15, 0.2) is 18.3 Å². The molecular formula is C14H19ClN2O. The minimum atomic E-state index is 0.0419. The maximum Gasteiger partial charge on any atom is 0.229 e. The van der Waals surface area contributed by atoms with E-state index in [1.807, 2.05) is 0 Å². The SMILES string of the molecule is CC1(C)CCCCC1C(=O)Nc1ncccc1Cl. The summed E-state index contributed by atoms with van der Waals surface area (Å²) in [6.07, 6.45) is 6.01. The van der Waals surface area contributed by atoms with Crippen molar-refractivity contribution in [2.75, 3.05) is 5.32 Å². The second kappa shape index (κ2) is 5.27. The van der Waals surface area contributed by atoms with Gasteiger partial charge in [-0.1, -0.05) is 38.3 Å². The molecule has 1 aromatic rings. The number of carbonyl (C=O) groups excluding carboxylic acids is 1. The highest BCUT2D eigenvalue weighted by molar-refractivity contribution is 6.33. The van der Waals surface area contributed by atoms with Crippen LogP contribution >= 0.6 is 11.6 Å². The highest BCUT2D eigenvalue weighted by Gasteiger charge is 2.37. The molecule has 1 aromatic heterocycles. The molecule has 0 aromatic carbocycles. The molecule has 0 saturated heterocycles. The van der Waals surface area contributed by atoms with Crippen LogP contribution in [0, 0.1) is 11.3 Å². The number of pyridine rings is 1. The largest absolute Gasteiger partial charge is 0.309 e. The minimum absolute atomic E-state index is 0.0419. The predicted octanol–water partition coefficient (Wildman–Crippen LogP) is 3.89. The van der Waals surface area contributed by atoms with Gasteiger partial charge < -0.3 is 5.32 Å². The lowest BCUT2D eigenvalue weighted by molar-refractivity contribution is -0.124. The van der Waals surface area contributed by atoms with Gasteiger partial charge in [0.05, 0.1) is 5.02 Å². The summed E-state index contributed by atoms with van der Waals surface area (Å²) in [5, 5.41) is 3.34. The average molecular weight is 267 g/mol. The van der Waals surface area contributed by atoms with Crippen molar-refractivity contribution in [3.63, 3.8) is 0 Å². The molecule has 18 heavy (non-hydrogen) atoms. The Hall–Kier alpha value is -1.09. The Kier molecular flexibility index (Phi) is 3.91. The maximum absolute atomic E-state index is 12.3. The molecule has 0 aliphatic heterocycles. The van der Waals surface area contributed by atoms with Gasteiger partial charge in [-0.3, -0.25) is 4.79 Å². The van der Waals surface area contributed by atoms with Crippen molar-refractivity contribution in [2.45, 2.75) is 39.5 Å². The molecule has 1 amide bonds. The van der Waals surface area contributed by atoms with Gasteiger partial charge in [-0.05, 0) is 30.4 Å². The van der Waals surface area contributed by atoms with Crippen LogP contribution in [-0.2, 0) is 4.79 Å². The number of amides is 1. The minimum Gasteiger partial charge on any atom is -0.309 e. The number of rotatable bonds is 2. The molecular weight excluding hydrogens is 248 g/mol. The highest BCUT2D eigenvalue weighted by atomic mass is 35.5. The molecule has 2 rings (SSSR count). The van der Waals surface area contributed by atoms with E-state index in [1.54, 1.807) is 18.3 Å². The van der Waals surface area contributed by atoms with E-state index in [0.717, 1.165) is 19.3 Å². The summed E-state index contributed by atoms with van der Waals surface area (Å²) < 4.78 is 0. The van der Waals surface area contributed by atoms with Gasteiger partial charge in [0.15, 0.2) is 5.82 Å². The number of nitrogens with one attached hydrogen (secondary N) is 1.